The first kappa shape index (κ1) is 21.1. The van der Waals surface area contributed by atoms with Crippen LogP contribution in [-0.2, 0) is 4.79 Å². The third-order valence-corrected chi connectivity index (χ3v) is 5.39. The van der Waals surface area contributed by atoms with Crippen molar-refractivity contribution in [3.05, 3.63) is 59.1 Å². The first-order valence-electron chi connectivity index (χ1n) is 10.3. The third kappa shape index (κ3) is 5.49. The Kier molecular flexibility index (Phi) is 6.62. The van der Waals surface area contributed by atoms with Crippen LogP contribution >= 0.6 is 11.6 Å². The molecule has 0 aliphatic carbocycles. The maximum Gasteiger partial charge on any atom is 0.321 e. The maximum absolute atomic E-state index is 12.7. The number of nitrogens with one attached hydrogen (secondary N) is 1. The van der Waals surface area contributed by atoms with Crippen LogP contribution in [0.3, 0.4) is 0 Å². The first-order valence-corrected chi connectivity index (χ1v) is 10.6. The van der Waals surface area contributed by atoms with Gasteiger partial charge in [-0.25, -0.2) is 4.79 Å². The van der Waals surface area contributed by atoms with E-state index in [1.54, 1.807) is 46.2 Å². The minimum absolute atomic E-state index is 0.0769. The summed E-state index contributed by atoms with van der Waals surface area (Å²) < 4.78 is 11.1. The number of fused-ring (bicyclic) bond motifs is 1. The van der Waals surface area contributed by atoms with Crippen molar-refractivity contribution in [3.63, 3.8) is 0 Å². The van der Waals surface area contributed by atoms with Gasteiger partial charge in [0.2, 0.25) is 5.91 Å². The highest BCUT2D eigenvalue weighted by atomic mass is 35.5. The zero-order chi connectivity index (χ0) is 21.6. The molecule has 8 heteroatoms. The van der Waals surface area contributed by atoms with Crippen molar-refractivity contribution in [3.8, 4) is 11.5 Å². The largest absolute Gasteiger partial charge is 0.486 e. The third-order valence-electron chi connectivity index (χ3n) is 5.16. The molecular weight excluding hydrogens is 418 g/mol. The van der Waals surface area contributed by atoms with Crippen LogP contribution in [0.15, 0.2) is 48.5 Å². The predicted molar refractivity (Wildman–Crippen MR) is 120 cm³/mol. The second-order valence-electron chi connectivity index (χ2n) is 7.34. The highest BCUT2D eigenvalue weighted by molar-refractivity contribution is 6.30. The normalized spacial score (nSPS) is 16.2. The summed E-state index contributed by atoms with van der Waals surface area (Å²) in [4.78, 5) is 28.7. The summed E-state index contributed by atoms with van der Waals surface area (Å²) in [6.45, 7) is 3.20. The van der Waals surface area contributed by atoms with E-state index in [-0.39, 0.29) is 11.9 Å². The van der Waals surface area contributed by atoms with Crippen molar-refractivity contribution >= 4 is 35.3 Å². The Morgan fingerprint density at radius 3 is 2.55 bits per heavy atom. The second kappa shape index (κ2) is 9.75. The molecule has 3 amide bonds. The summed E-state index contributed by atoms with van der Waals surface area (Å²) in [5.41, 5.74) is 1.52. The highest BCUT2D eigenvalue weighted by Crippen LogP contribution is 2.31. The Hall–Kier alpha value is -3.19. The number of hydrogen-bond acceptors (Lipinski definition) is 4. The fraction of sp³-hybridized carbons (Fsp3) is 0.304. The Balaban J connectivity index is 1.32. The number of anilines is 1. The van der Waals surface area contributed by atoms with Crippen molar-refractivity contribution in [1.82, 2.24) is 9.80 Å². The number of carbonyl (C=O) groups excluding carboxylic acids is 2. The van der Waals surface area contributed by atoms with Gasteiger partial charge in [0, 0.05) is 43.0 Å². The number of carbonyl (C=O) groups is 2. The lowest BCUT2D eigenvalue weighted by Crippen LogP contribution is -2.39. The van der Waals surface area contributed by atoms with Crippen LogP contribution in [0.25, 0.3) is 6.08 Å². The zero-order valence-electron chi connectivity index (χ0n) is 17.1. The molecule has 0 bridgehead atoms. The average molecular weight is 442 g/mol. The van der Waals surface area contributed by atoms with Gasteiger partial charge in [0.15, 0.2) is 11.5 Å². The molecule has 1 fully saturated rings. The molecule has 2 heterocycles. The molecular formula is C23H24ClN3O4. The van der Waals surface area contributed by atoms with Gasteiger partial charge in [-0.2, -0.15) is 0 Å². The Morgan fingerprint density at radius 1 is 0.935 bits per heavy atom. The quantitative estimate of drug-likeness (QED) is 0.733. The van der Waals surface area contributed by atoms with Crippen LogP contribution in [0.5, 0.6) is 11.5 Å². The van der Waals surface area contributed by atoms with E-state index in [1.165, 1.54) is 0 Å². The summed E-state index contributed by atoms with van der Waals surface area (Å²) in [5.74, 6) is 1.34. The van der Waals surface area contributed by atoms with E-state index in [1.807, 2.05) is 18.2 Å². The monoisotopic (exact) mass is 441 g/mol. The lowest BCUT2D eigenvalue weighted by molar-refractivity contribution is -0.125. The fourth-order valence-electron chi connectivity index (χ4n) is 3.55. The minimum Gasteiger partial charge on any atom is -0.486 e. The van der Waals surface area contributed by atoms with Gasteiger partial charge in [0.05, 0.1) is 0 Å². The van der Waals surface area contributed by atoms with Crippen LogP contribution in [0.2, 0.25) is 5.02 Å². The van der Waals surface area contributed by atoms with E-state index in [0.29, 0.717) is 62.3 Å². The molecule has 7 nitrogen and oxygen atoms in total. The maximum atomic E-state index is 12.7. The number of urea groups is 1. The molecule has 2 aliphatic heterocycles. The smallest absolute Gasteiger partial charge is 0.321 e. The molecule has 0 radical (unpaired) electrons. The van der Waals surface area contributed by atoms with E-state index in [2.05, 4.69) is 5.32 Å². The topological polar surface area (TPSA) is 71.1 Å². The van der Waals surface area contributed by atoms with E-state index >= 15 is 0 Å². The summed E-state index contributed by atoms with van der Waals surface area (Å²) in [5, 5.41) is 3.42. The van der Waals surface area contributed by atoms with Gasteiger partial charge >= 0.3 is 6.03 Å². The van der Waals surface area contributed by atoms with Crippen LogP contribution in [-0.4, -0.2) is 61.1 Å². The van der Waals surface area contributed by atoms with Crippen molar-refractivity contribution in [2.75, 3.05) is 44.7 Å². The Bertz CT molecular complexity index is 995. The van der Waals surface area contributed by atoms with Gasteiger partial charge in [-0.15, -0.1) is 0 Å². The van der Waals surface area contributed by atoms with Gasteiger partial charge in [-0.3, -0.25) is 4.79 Å². The average Bonchev–Trinajstić information content (AvgIpc) is 3.04. The Morgan fingerprint density at radius 2 is 1.71 bits per heavy atom. The lowest BCUT2D eigenvalue weighted by atomic mass is 10.1. The number of benzene rings is 2. The zero-order valence-corrected chi connectivity index (χ0v) is 17.8. The number of hydrogen-bond donors (Lipinski definition) is 1. The van der Waals surface area contributed by atoms with E-state index in [0.717, 1.165) is 11.3 Å². The SMILES string of the molecule is O=C(/C=C/c1ccc2c(c1)OCCO2)N1CCCN(C(=O)Nc2cccc(Cl)c2)CC1. The number of amides is 3. The van der Waals surface area contributed by atoms with Crippen molar-refractivity contribution in [1.29, 1.82) is 0 Å². The predicted octanol–water partition coefficient (Wildman–Crippen LogP) is 3.89. The lowest BCUT2D eigenvalue weighted by Gasteiger charge is -2.22. The standard InChI is InChI=1S/C23H24ClN3O4/c24-18-3-1-4-19(16-18)25-23(29)27-10-2-9-26(11-12-27)22(28)8-6-17-5-7-20-21(15-17)31-14-13-30-20/h1,3-8,15-16H,2,9-14H2,(H,25,29)/b8-6+. The van der Waals surface area contributed by atoms with Crippen LogP contribution < -0.4 is 14.8 Å². The summed E-state index contributed by atoms with van der Waals surface area (Å²) >= 11 is 5.97. The molecule has 2 aromatic carbocycles. The van der Waals surface area contributed by atoms with Crippen molar-refractivity contribution < 1.29 is 19.1 Å². The second-order valence-corrected chi connectivity index (χ2v) is 7.78. The molecule has 0 aromatic heterocycles. The molecule has 0 spiro atoms. The van der Waals surface area contributed by atoms with E-state index < -0.39 is 0 Å². The fourth-order valence-corrected chi connectivity index (χ4v) is 3.74. The number of ether oxygens (including phenoxy) is 2. The van der Waals surface area contributed by atoms with Crippen LogP contribution in [0.1, 0.15) is 12.0 Å². The molecule has 0 atom stereocenters. The van der Waals surface area contributed by atoms with Crippen LogP contribution in [0.4, 0.5) is 10.5 Å². The molecule has 1 N–H and O–H groups in total. The molecule has 0 unspecified atom stereocenters. The van der Waals surface area contributed by atoms with Gasteiger partial charge in [0.25, 0.3) is 0 Å². The highest BCUT2D eigenvalue weighted by Gasteiger charge is 2.21. The molecule has 0 saturated carbocycles. The Labute approximate surface area is 186 Å². The van der Waals surface area contributed by atoms with Gasteiger partial charge < -0.3 is 24.6 Å². The number of rotatable bonds is 3. The minimum atomic E-state index is -0.191. The molecule has 2 aromatic rings. The van der Waals surface area contributed by atoms with Gasteiger partial charge in [-0.1, -0.05) is 23.7 Å². The van der Waals surface area contributed by atoms with Crippen molar-refractivity contribution in [2.24, 2.45) is 0 Å². The number of nitrogens with zero attached hydrogens (tertiary/aromatic N) is 2. The van der Waals surface area contributed by atoms with E-state index in [4.69, 9.17) is 21.1 Å². The number of halogens is 1. The molecule has 1 saturated heterocycles. The van der Waals surface area contributed by atoms with Gasteiger partial charge in [-0.05, 0) is 48.4 Å². The first-order chi connectivity index (χ1) is 15.1. The van der Waals surface area contributed by atoms with Gasteiger partial charge in [0.1, 0.15) is 13.2 Å². The molecule has 162 valence electrons. The van der Waals surface area contributed by atoms with E-state index in [9.17, 15) is 9.59 Å². The van der Waals surface area contributed by atoms with Crippen LogP contribution in [0, 0.1) is 0 Å². The summed E-state index contributed by atoms with van der Waals surface area (Å²) in [6, 6.07) is 12.4. The molecule has 31 heavy (non-hydrogen) atoms. The van der Waals surface area contributed by atoms with Crippen molar-refractivity contribution in [2.45, 2.75) is 6.42 Å². The molecule has 2 aliphatic rings. The molecule has 4 rings (SSSR count). The summed E-state index contributed by atoms with van der Waals surface area (Å²) in [6.07, 6.45) is 4.05. The summed E-state index contributed by atoms with van der Waals surface area (Å²) in [7, 11) is 0.